The van der Waals surface area contributed by atoms with Gasteiger partial charge >= 0.3 is 6.09 Å². The van der Waals surface area contributed by atoms with E-state index >= 15 is 0 Å². The second kappa shape index (κ2) is 5.19. The highest BCUT2D eigenvalue weighted by molar-refractivity contribution is 7.90. The van der Waals surface area contributed by atoms with Crippen LogP contribution in [0.1, 0.15) is 20.8 Å². The molecule has 1 unspecified atom stereocenters. The average molecular weight is 223 g/mol. The number of carbonyl (C=O) groups excluding carboxylic acids is 1. The fourth-order valence-electron chi connectivity index (χ4n) is 0.945. The fraction of sp³-hybridized carbons (Fsp3) is 0.875. The SMILES string of the molecule is CC(CS(C)(=O)=O)NC(=O)OC(C)C. The molecule has 14 heavy (non-hydrogen) atoms. The maximum atomic E-state index is 11.0. The Morgan fingerprint density at radius 2 is 1.86 bits per heavy atom. The highest BCUT2D eigenvalue weighted by Gasteiger charge is 2.14. The summed E-state index contributed by atoms with van der Waals surface area (Å²) in [6, 6.07) is -0.434. The summed E-state index contributed by atoms with van der Waals surface area (Å²) < 4.78 is 26.5. The van der Waals surface area contributed by atoms with E-state index in [0.717, 1.165) is 6.26 Å². The fourth-order valence-corrected chi connectivity index (χ4v) is 1.94. The molecule has 1 N–H and O–H groups in total. The van der Waals surface area contributed by atoms with Crippen LogP contribution >= 0.6 is 0 Å². The van der Waals surface area contributed by atoms with E-state index in [4.69, 9.17) is 4.74 Å². The zero-order chi connectivity index (χ0) is 11.4. The monoisotopic (exact) mass is 223 g/mol. The number of amides is 1. The number of carbonyl (C=O) groups is 1. The first-order valence-corrected chi connectivity index (χ1v) is 6.41. The standard InChI is InChI=1S/C8H17NO4S/c1-6(2)13-8(10)9-7(3)5-14(4,11)12/h6-7H,5H2,1-4H3,(H,9,10). The van der Waals surface area contributed by atoms with Crippen LogP contribution in [0.4, 0.5) is 4.79 Å². The molecule has 0 aliphatic carbocycles. The maximum absolute atomic E-state index is 11.0. The largest absolute Gasteiger partial charge is 0.447 e. The number of ether oxygens (including phenoxy) is 1. The molecule has 84 valence electrons. The molecule has 1 amide bonds. The van der Waals surface area contributed by atoms with Gasteiger partial charge in [-0.3, -0.25) is 0 Å². The highest BCUT2D eigenvalue weighted by Crippen LogP contribution is 1.93. The number of alkyl carbamates (subject to hydrolysis) is 1. The summed E-state index contributed by atoms with van der Waals surface area (Å²) in [5.41, 5.74) is 0. The van der Waals surface area contributed by atoms with Crippen LogP contribution in [0.25, 0.3) is 0 Å². The normalized spacial score (nSPS) is 13.8. The lowest BCUT2D eigenvalue weighted by Gasteiger charge is -2.14. The van der Waals surface area contributed by atoms with E-state index in [-0.39, 0.29) is 11.9 Å². The topological polar surface area (TPSA) is 72.5 Å². The van der Waals surface area contributed by atoms with Gasteiger partial charge in [0.25, 0.3) is 0 Å². The first-order valence-electron chi connectivity index (χ1n) is 4.35. The summed E-state index contributed by atoms with van der Waals surface area (Å²) in [6.45, 7) is 5.06. The third-order valence-corrected chi connectivity index (χ3v) is 2.37. The van der Waals surface area contributed by atoms with Crippen LogP contribution in [0, 0.1) is 0 Å². The molecular formula is C8H17NO4S. The van der Waals surface area contributed by atoms with Gasteiger partial charge in [-0.05, 0) is 20.8 Å². The summed E-state index contributed by atoms with van der Waals surface area (Å²) >= 11 is 0. The van der Waals surface area contributed by atoms with Crippen molar-refractivity contribution in [3.63, 3.8) is 0 Å². The van der Waals surface area contributed by atoms with Crippen LogP contribution in [0.2, 0.25) is 0 Å². The van der Waals surface area contributed by atoms with E-state index < -0.39 is 22.0 Å². The molecule has 6 heteroatoms. The molecule has 0 aliphatic rings. The molecule has 1 atom stereocenters. The van der Waals surface area contributed by atoms with E-state index in [1.807, 2.05) is 0 Å². The van der Waals surface area contributed by atoms with Crippen molar-refractivity contribution in [2.45, 2.75) is 32.9 Å². The number of hydrogen-bond acceptors (Lipinski definition) is 4. The second-order valence-corrected chi connectivity index (χ2v) is 5.78. The number of rotatable bonds is 4. The smallest absolute Gasteiger partial charge is 0.407 e. The van der Waals surface area contributed by atoms with Crippen LogP contribution in [-0.2, 0) is 14.6 Å². The van der Waals surface area contributed by atoms with Crippen molar-refractivity contribution in [3.05, 3.63) is 0 Å². The summed E-state index contributed by atoms with van der Waals surface area (Å²) in [6.07, 6.45) is 0.329. The Morgan fingerprint density at radius 3 is 2.21 bits per heavy atom. The van der Waals surface area contributed by atoms with Gasteiger partial charge in [-0.15, -0.1) is 0 Å². The van der Waals surface area contributed by atoms with Gasteiger partial charge < -0.3 is 10.1 Å². The van der Waals surface area contributed by atoms with Gasteiger partial charge in [0, 0.05) is 12.3 Å². The van der Waals surface area contributed by atoms with E-state index in [0.29, 0.717) is 0 Å². The van der Waals surface area contributed by atoms with Gasteiger partial charge in [-0.1, -0.05) is 0 Å². The maximum Gasteiger partial charge on any atom is 0.407 e. The molecule has 0 saturated heterocycles. The van der Waals surface area contributed by atoms with Gasteiger partial charge in [-0.25, -0.2) is 13.2 Å². The predicted molar refractivity (Wildman–Crippen MR) is 53.9 cm³/mol. The highest BCUT2D eigenvalue weighted by atomic mass is 32.2. The second-order valence-electron chi connectivity index (χ2n) is 3.59. The Bertz CT molecular complexity index is 284. The molecule has 0 aliphatic heterocycles. The lowest BCUT2D eigenvalue weighted by Crippen LogP contribution is -2.38. The zero-order valence-corrected chi connectivity index (χ0v) is 9.72. The van der Waals surface area contributed by atoms with E-state index in [1.54, 1.807) is 20.8 Å². The van der Waals surface area contributed by atoms with Crippen molar-refractivity contribution in [3.8, 4) is 0 Å². The lowest BCUT2D eigenvalue weighted by molar-refractivity contribution is 0.113. The Kier molecular flexibility index (Phi) is 4.90. The summed E-state index contributed by atoms with van der Waals surface area (Å²) in [7, 11) is -3.07. The minimum Gasteiger partial charge on any atom is -0.447 e. The van der Waals surface area contributed by atoms with E-state index in [9.17, 15) is 13.2 Å². The minimum atomic E-state index is -3.07. The minimum absolute atomic E-state index is 0.0831. The Hall–Kier alpha value is -0.780. The first-order chi connectivity index (χ1) is 6.20. The molecule has 0 radical (unpaired) electrons. The summed E-state index contributed by atoms with van der Waals surface area (Å²) in [4.78, 5) is 11.0. The van der Waals surface area contributed by atoms with Crippen molar-refractivity contribution in [2.24, 2.45) is 0 Å². The number of nitrogens with one attached hydrogen (secondary N) is 1. The molecule has 0 fully saturated rings. The molecule has 0 heterocycles. The van der Waals surface area contributed by atoms with Crippen LogP contribution < -0.4 is 5.32 Å². The van der Waals surface area contributed by atoms with Crippen LogP contribution in [0.3, 0.4) is 0 Å². The Balaban J connectivity index is 3.95. The van der Waals surface area contributed by atoms with Crippen LogP contribution in [0.15, 0.2) is 0 Å². The van der Waals surface area contributed by atoms with E-state index in [2.05, 4.69) is 5.32 Å². The van der Waals surface area contributed by atoms with Crippen LogP contribution in [0.5, 0.6) is 0 Å². The van der Waals surface area contributed by atoms with Crippen molar-refractivity contribution in [2.75, 3.05) is 12.0 Å². The zero-order valence-electron chi connectivity index (χ0n) is 8.90. The summed E-state index contributed by atoms with van der Waals surface area (Å²) in [5.74, 6) is -0.0831. The molecule has 0 aromatic heterocycles. The van der Waals surface area contributed by atoms with Crippen molar-refractivity contribution < 1.29 is 17.9 Å². The van der Waals surface area contributed by atoms with Gasteiger partial charge in [0.05, 0.1) is 11.9 Å². The Morgan fingerprint density at radius 1 is 1.36 bits per heavy atom. The third-order valence-electron chi connectivity index (χ3n) is 1.26. The van der Waals surface area contributed by atoms with E-state index in [1.165, 1.54) is 0 Å². The summed E-state index contributed by atoms with van der Waals surface area (Å²) in [5, 5.41) is 2.43. The molecule has 0 saturated carbocycles. The van der Waals surface area contributed by atoms with Crippen molar-refractivity contribution in [1.29, 1.82) is 0 Å². The predicted octanol–water partition coefficient (Wildman–Crippen LogP) is 0.554. The molecule has 0 spiro atoms. The van der Waals surface area contributed by atoms with Gasteiger partial charge in [0.2, 0.25) is 0 Å². The molecule has 0 bridgehead atoms. The molecule has 0 aromatic carbocycles. The third kappa shape index (κ3) is 7.85. The molecule has 0 rings (SSSR count). The Labute approximate surface area is 84.7 Å². The average Bonchev–Trinajstić information content (AvgIpc) is 1.77. The quantitative estimate of drug-likeness (QED) is 0.755. The van der Waals surface area contributed by atoms with Gasteiger partial charge in [0.15, 0.2) is 0 Å². The first kappa shape index (κ1) is 13.2. The van der Waals surface area contributed by atoms with Gasteiger partial charge in [0.1, 0.15) is 9.84 Å². The molecule has 5 nitrogen and oxygen atoms in total. The molecular weight excluding hydrogens is 206 g/mol. The molecule has 0 aromatic rings. The van der Waals surface area contributed by atoms with Gasteiger partial charge in [-0.2, -0.15) is 0 Å². The number of hydrogen-bond donors (Lipinski definition) is 1. The van der Waals surface area contributed by atoms with Crippen LogP contribution in [-0.4, -0.2) is 38.7 Å². The van der Waals surface area contributed by atoms with Crippen molar-refractivity contribution >= 4 is 15.9 Å². The van der Waals surface area contributed by atoms with Crippen molar-refractivity contribution in [1.82, 2.24) is 5.32 Å². The lowest BCUT2D eigenvalue weighted by atomic mass is 10.4. The number of sulfone groups is 1.